The lowest BCUT2D eigenvalue weighted by molar-refractivity contribution is -0.123. The molecule has 8 heteroatoms. The van der Waals surface area contributed by atoms with E-state index < -0.39 is 9.84 Å². The van der Waals surface area contributed by atoms with Gasteiger partial charge in [0.2, 0.25) is 0 Å². The van der Waals surface area contributed by atoms with Gasteiger partial charge in [-0.05, 0) is 35.8 Å². The standard InChI is InChI=1S/C21H19NO4S3/c23-20-19(28-21(27)22(20)17-10-11-29(24,25)14-17)12-15-6-8-18(9-7-15)26-13-16-4-2-1-3-5-16/h1-9,12,17H,10-11,13-14H2. The number of ether oxygens (including phenoxy) is 1. The van der Waals surface area contributed by atoms with E-state index in [0.717, 1.165) is 16.9 Å². The van der Waals surface area contributed by atoms with Crippen molar-refractivity contribution in [2.45, 2.75) is 19.1 Å². The molecule has 2 aliphatic heterocycles. The molecule has 2 heterocycles. The lowest BCUT2D eigenvalue weighted by Gasteiger charge is -2.20. The fourth-order valence-corrected chi connectivity index (χ4v) is 6.43. The molecular weight excluding hydrogens is 426 g/mol. The van der Waals surface area contributed by atoms with E-state index >= 15 is 0 Å². The molecule has 29 heavy (non-hydrogen) atoms. The number of thiocarbonyl (C=S) groups is 1. The van der Waals surface area contributed by atoms with Crippen LogP contribution in [0.15, 0.2) is 59.5 Å². The van der Waals surface area contributed by atoms with Crippen LogP contribution in [0.2, 0.25) is 0 Å². The fourth-order valence-electron chi connectivity index (χ4n) is 3.33. The van der Waals surface area contributed by atoms with E-state index in [9.17, 15) is 13.2 Å². The van der Waals surface area contributed by atoms with Crippen molar-refractivity contribution in [3.63, 3.8) is 0 Å². The summed E-state index contributed by atoms with van der Waals surface area (Å²) in [6.07, 6.45) is 2.22. The lowest BCUT2D eigenvalue weighted by atomic mass is 10.2. The average molecular weight is 446 g/mol. The molecule has 0 aromatic heterocycles. The lowest BCUT2D eigenvalue weighted by Crippen LogP contribution is -2.39. The Balaban J connectivity index is 1.42. The summed E-state index contributed by atoms with van der Waals surface area (Å²) < 4.78 is 29.7. The van der Waals surface area contributed by atoms with Crippen molar-refractivity contribution in [1.29, 1.82) is 0 Å². The summed E-state index contributed by atoms with van der Waals surface area (Å²) in [7, 11) is -3.08. The van der Waals surface area contributed by atoms with E-state index in [4.69, 9.17) is 17.0 Å². The van der Waals surface area contributed by atoms with Crippen molar-refractivity contribution < 1.29 is 17.9 Å². The van der Waals surface area contributed by atoms with Crippen molar-refractivity contribution >= 4 is 50.1 Å². The van der Waals surface area contributed by atoms with Crippen LogP contribution in [0.5, 0.6) is 5.75 Å². The summed E-state index contributed by atoms with van der Waals surface area (Å²) in [6.45, 7) is 0.489. The number of carbonyl (C=O) groups excluding carboxylic acids is 1. The molecule has 1 unspecified atom stereocenters. The number of thioether (sulfide) groups is 1. The Morgan fingerprint density at radius 1 is 1.14 bits per heavy atom. The summed E-state index contributed by atoms with van der Waals surface area (Å²) in [6, 6.07) is 17.0. The maximum absolute atomic E-state index is 12.8. The van der Waals surface area contributed by atoms with Crippen LogP contribution in [0.3, 0.4) is 0 Å². The molecule has 2 fully saturated rings. The van der Waals surface area contributed by atoms with E-state index in [1.807, 2.05) is 54.6 Å². The minimum Gasteiger partial charge on any atom is -0.489 e. The number of rotatable bonds is 5. The first-order valence-corrected chi connectivity index (χ1v) is 12.2. The van der Waals surface area contributed by atoms with E-state index in [1.165, 1.54) is 16.7 Å². The van der Waals surface area contributed by atoms with Crippen LogP contribution in [0.25, 0.3) is 6.08 Å². The first kappa shape index (κ1) is 20.1. The van der Waals surface area contributed by atoms with E-state index in [0.29, 0.717) is 22.3 Å². The fraction of sp³-hybridized carbons (Fsp3) is 0.238. The smallest absolute Gasteiger partial charge is 0.266 e. The highest BCUT2D eigenvalue weighted by Crippen LogP contribution is 2.36. The van der Waals surface area contributed by atoms with Gasteiger partial charge in [-0.2, -0.15) is 0 Å². The third-order valence-corrected chi connectivity index (χ3v) is 7.90. The minimum atomic E-state index is -3.08. The number of benzene rings is 2. The van der Waals surface area contributed by atoms with Gasteiger partial charge in [-0.15, -0.1) is 0 Å². The molecule has 0 bridgehead atoms. The Labute approximate surface area is 179 Å². The van der Waals surface area contributed by atoms with Gasteiger partial charge in [0.05, 0.1) is 22.5 Å². The normalized spacial score (nSPS) is 22.4. The number of carbonyl (C=O) groups is 1. The molecule has 2 aliphatic rings. The number of hydrogen-bond acceptors (Lipinski definition) is 6. The molecule has 0 aliphatic carbocycles. The minimum absolute atomic E-state index is 0.0137. The maximum Gasteiger partial charge on any atom is 0.266 e. The SMILES string of the molecule is O=C1C(=Cc2ccc(OCc3ccccc3)cc2)SC(=S)N1C1CCS(=O)(=O)C1. The molecule has 2 aromatic carbocycles. The highest BCUT2D eigenvalue weighted by Gasteiger charge is 2.42. The highest BCUT2D eigenvalue weighted by atomic mass is 32.2. The summed E-state index contributed by atoms with van der Waals surface area (Å²) >= 11 is 6.55. The van der Waals surface area contributed by atoms with Crippen LogP contribution in [0.4, 0.5) is 0 Å². The predicted octanol–water partition coefficient (Wildman–Crippen LogP) is 3.65. The Morgan fingerprint density at radius 3 is 2.52 bits per heavy atom. The molecule has 0 radical (unpaired) electrons. The average Bonchev–Trinajstić information content (AvgIpc) is 3.20. The number of hydrogen-bond donors (Lipinski definition) is 0. The van der Waals surface area contributed by atoms with Crippen LogP contribution in [-0.2, 0) is 21.2 Å². The van der Waals surface area contributed by atoms with Crippen molar-refractivity contribution in [2.24, 2.45) is 0 Å². The Hall–Kier alpha value is -2.16. The topological polar surface area (TPSA) is 63.7 Å². The molecule has 150 valence electrons. The summed E-state index contributed by atoms with van der Waals surface area (Å²) in [5.41, 5.74) is 1.95. The molecule has 2 saturated heterocycles. The molecule has 1 amide bonds. The van der Waals surface area contributed by atoms with Gasteiger partial charge in [0.25, 0.3) is 5.91 Å². The van der Waals surface area contributed by atoms with Gasteiger partial charge in [-0.3, -0.25) is 9.69 Å². The zero-order valence-corrected chi connectivity index (χ0v) is 17.9. The predicted molar refractivity (Wildman–Crippen MR) is 119 cm³/mol. The number of sulfone groups is 1. The summed E-state index contributed by atoms with van der Waals surface area (Å²) in [5, 5.41) is 0. The van der Waals surface area contributed by atoms with Crippen LogP contribution in [0.1, 0.15) is 17.5 Å². The van der Waals surface area contributed by atoms with Crippen LogP contribution in [0, 0.1) is 0 Å². The highest BCUT2D eigenvalue weighted by molar-refractivity contribution is 8.26. The third kappa shape index (κ3) is 4.71. The van der Waals surface area contributed by atoms with Crippen LogP contribution >= 0.6 is 24.0 Å². The molecular formula is C21H19NO4S3. The molecule has 4 rings (SSSR count). The Bertz CT molecular complexity index is 1060. The van der Waals surface area contributed by atoms with Gasteiger partial charge in [0.1, 0.15) is 16.7 Å². The van der Waals surface area contributed by atoms with E-state index in [1.54, 1.807) is 6.08 Å². The van der Waals surface area contributed by atoms with Gasteiger partial charge in [0, 0.05) is 0 Å². The third-order valence-electron chi connectivity index (χ3n) is 4.82. The first-order valence-electron chi connectivity index (χ1n) is 9.15. The van der Waals surface area contributed by atoms with Gasteiger partial charge >= 0.3 is 0 Å². The molecule has 0 saturated carbocycles. The Kier molecular flexibility index (Phi) is 5.76. The zero-order valence-electron chi connectivity index (χ0n) is 15.5. The zero-order chi connectivity index (χ0) is 20.4. The second kappa shape index (κ2) is 8.30. The second-order valence-electron chi connectivity index (χ2n) is 6.95. The maximum atomic E-state index is 12.8. The Morgan fingerprint density at radius 2 is 1.86 bits per heavy atom. The van der Waals surface area contributed by atoms with Crippen molar-refractivity contribution in [2.75, 3.05) is 11.5 Å². The molecule has 2 aromatic rings. The largest absolute Gasteiger partial charge is 0.489 e. The number of nitrogens with zero attached hydrogens (tertiary/aromatic N) is 1. The second-order valence-corrected chi connectivity index (χ2v) is 10.9. The number of amides is 1. The van der Waals surface area contributed by atoms with Crippen molar-refractivity contribution in [3.8, 4) is 5.75 Å². The summed E-state index contributed by atoms with van der Waals surface area (Å²) in [5.74, 6) is 0.625. The van der Waals surface area contributed by atoms with Gasteiger partial charge in [0.15, 0.2) is 9.84 Å². The van der Waals surface area contributed by atoms with Gasteiger partial charge in [-0.1, -0.05) is 66.4 Å². The first-order chi connectivity index (χ1) is 13.9. The summed E-state index contributed by atoms with van der Waals surface area (Å²) in [4.78, 5) is 14.8. The monoisotopic (exact) mass is 445 g/mol. The molecule has 0 N–H and O–H groups in total. The van der Waals surface area contributed by atoms with Gasteiger partial charge < -0.3 is 4.74 Å². The molecule has 0 spiro atoms. The van der Waals surface area contributed by atoms with Crippen LogP contribution < -0.4 is 4.74 Å². The van der Waals surface area contributed by atoms with Gasteiger partial charge in [-0.25, -0.2) is 8.42 Å². The van der Waals surface area contributed by atoms with Crippen LogP contribution in [-0.4, -0.2) is 41.1 Å². The van der Waals surface area contributed by atoms with Crippen molar-refractivity contribution in [3.05, 3.63) is 70.6 Å². The van der Waals surface area contributed by atoms with Crippen molar-refractivity contribution in [1.82, 2.24) is 4.90 Å². The molecule has 5 nitrogen and oxygen atoms in total. The quantitative estimate of drug-likeness (QED) is 0.517. The van der Waals surface area contributed by atoms with E-state index in [2.05, 4.69) is 0 Å². The van der Waals surface area contributed by atoms with E-state index in [-0.39, 0.29) is 23.5 Å². The molecule has 1 atom stereocenters.